The molecule has 0 spiro atoms. The predicted molar refractivity (Wildman–Crippen MR) is 65.4 cm³/mol. The summed E-state index contributed by atoms with van der Waals surface area (Å²) in [6, 6.07) is 3.01. The quantitative estimate of drug-likeness (QED) is 0.609. The average molecular weight is 239 g/mol. The Hall–Kier alpha value is -1.85. The monoisotopic (exact) mass is 239 g/mol. The average Bonchev–Trinajstić information content (AvgIpc) is 2.28. The smallest absolute Gasteiger partial charge is 0.311 e. The molecule has 1 N–H and O–H groups in total. The fourth-order valence-corrected chi connectivity index (χ4v) is 1.54. The molecule has 0 aliphatic heterocycles. The van der Waals surface area contributed by atoms with Gasteiger partial charge in [-0.1, -0.05) is 13.3 Å². The normalized spacial score (nSPS) is 11.9. The number of nitrogens with zero attached hydrogens (tertiary/aromatic N) is 2. The van der Waals surface area contributed by atoms with Crippen LogP contribution in [0.3, 0.4) is 0 Å². The van der Waals surface area contributed by atoms with E-state index in [-0.39, 0.29) is 17.5 Å². The lowest BCUT2D eigenvalue weighted by atomic mass is 10.2. The van der Waals surface area contributed by atoms with Crippen molar-refractivity contribution in [3.8, 4) is 5.88 Å². The van der Waals surface area contributed by atoms with Crippen LogP contribution in [0, 0.1) is 10.1 Å². The van der Waals surface area contributed by atoms with Crippen molar-refractivity contribution in [2.75, 3.05) is 12.4 Å². The van der Waals surface area contributed by atoms with Crippen LogP contribution in [0.25, 0.3) is 0 Å². The van der Waals surface area contributed by atoms with Gasteiger partial charge in [-0.25, -0.2) is 0 Å². The Labute approximate surface area is 100 Å². The van der Waals surface area contributed by atoms with Crippen molar-refractivity contribution in [2.24, 2.45) is 0 Å². The summed E-state index contributed by atoms with van der Waals surface area (Å²) < 4.78 is 4.96. The molecule has 6 nitrogen and oxygen atoms in total. The first kappa shape index (κ1) is 13.2. The number of hydrogen-bond donors (Lipinski definition) is 1. The van der Waals surface area contributed by atoms with Crippen LogP contribution in [-0.4, -0.2) is 23.1 Å². The SMILES string of the molecule is CCCC(C)Nc1nc(OC)ccc1[N+](=O)[O-]. The summed E-state index contributed by atoms with van der Waals surface area (Å²) in [5, 5.41) is 13.9. The number of hydrogen-bond acceptors (Lipinski definition) is 5. The van der Waals surface area contributed by atoms with Crippen LogP contribution in [0.5, 0.6) is 5.88 Å². The summed E-state index contributed by atoms with van der Waals surface area (Å²) in [4.78, 5) is 14.5. The van der Waals surface area contributed by atoms with Crippen LogP contribution >= 0.6 is 0 Å². The topological polar surface area (TPSA) is 77.3 Å². The Morgan fingerprint density at radius 2 is 2.29 bits per heavy atom. The molecular weight excluding hydrogens is 222 g/mol. The molecule has 1 atom stereocenters. The van der Waals surface area contributed by atoms with E-state index in [4.69, 9.17) is 4.74 Å². The predicted octanol–water partition coefficient (Wildman–Crippen LogP) is 2.60. The Kier molecular flexibility index (Phi) is 4.68. The minimum Gasteiger partial charge on any atom is -0.481 e. The number of aromatic nitrogens is 1. The fourth-order valence-electron chi connectivity index (χ4n) is 1.54. The van der Waals surface area contributed by atoms with Gasteiger partial charge in [0.1, 0.15) is 0 Å². The molecule has 0 radical (unpaired) electrons. The standard InChI is InChI=1S/C11H17N3O3/c1-4-5-8(2)12-11-9(14(15)16)6-7-10(13-11)17-3/h6-8H,4-5H2,1-3H3,(H,12,13). The molecule has 17 heavy (non-hydrogen) atoms. The molecule has 1 aromatic heterocycles. The third kappa shape index (κ3) is 3.58. The van der Waals surface area contributed by atoms with E-state index in [1.165, 1.54) is 19.2 Å². The molecule has 0 aromatic carbocycles. The summed E-state index contributed by atoms with van der Waals surface area (Å²) in [5.41, 5.74) is -0.0336. The van der Waals surface area contributed by atoms with Crippen LogP contribution in [0.1, 0.15) is 26.7 Å². The highest BCUT2D eigenvalue weighted by Crippen LogP contribution is 2.25. The second-order valence-corrected chi connectivity index (χ2v) is 3.81. The highest BCUT2D eigenvalue weighted by molar-refractivity contribution is 5.57. The van der Waals surface area contributed by atoms with E-state index in [2.05, 4.69) is 17.2 Å². The second kappa shape index (κ2) is 6.03. The highest BCUT2D eigenvalue weighted by atomic mass is 16.6. The number of pyridine rings is 1. The first-order chi connectivity index (χ1) is 8.08. The molecule has 6 heteroatoms. The molecular formula is C11H17N3O3. The van der Waals surface area contributed by atoms with Gasteiger partial charge >= 0.3 is 5.69 Å². The molecule has 1 heterocycles. The van der Waals surface area contributed by atoms with Crippen LogP contribution in [0.2, 0.25) is 0 Å². The maximum absolute atomic E-state index is 10.8. The molecule has 94 valence electrons. The summed E-state index contributed by atoms with van der Waals surface area (Å²) in [5.74, 6) is 0.622. The molecule has 0 amide bonds. The summed E-state index contributed by atoms with van der Waals surface area (Å²) in [7, 11) is 1.48. The van der Waals surface area contributed by atoms with E-state index in [1.807, 2.05) is 6.92 Å². The van der Waals surface area contributed by atoms with Gasteiger partial charge in [0, 0.05) is 18.2 Å². The van der Waals surface area contributed by atoms with Gasteiger partial charge in [-0.3, -0.25) is 10.1 Å². The molecule has 0 saturated heterocycles. The Morgan fingerprint density at radius 3 is 2.82 bits per heavy atom. The van der Waals surface area contributed by atoms with E-state index >= 15 is 0 Å². The minimum atomic E-state index is -0.451. The van der Waals surface area contributed by atoms with Gasteiger partial charge in [-0.05, 0) is 13.3 Å². The van der Waals surface area contributed by atoms with Crippen molar-refractivity contribution in [1.29, 1.82) is 0 Å². The molecule has 0 fully saturated rings. The van der Waals surface area contributed by atoms with E-state index in [0.717, 1.165) is 12.8 Å². The first-order valence-corrected chi connectivity index (χ1v) is 5.54. The maximum atomic E-state index is 10.8. The number of rotatable bonds is 6. The molecule has 1 unspecified atom stereocenters. The van der Waals surface area contributed by atoms with Crippen LogP contribution in [0.4, 0.5) is 11.5 Å². The van der Waals surface area contributed by atoms with E-state index < -0.39 is 4.92 Å². The van der Waals surface area contributed by atoms with Gasteiger partial charge in [0.25, 0.3) is 0 Å². The maximum Gasteiger partial charge on any atom is 0.311 e. The third-order valence-corrected chi connectivity index (χ3v) is 2.36. The molecule has 1 aromatic rings. The number of methoxy groups -OCH3 is 1. The van der Waals surface area contributed by atoms with Gasteiger partial charge in [0.15, 0.2) is 0 Å². The minimum absolute atomic E-state index is 0.0336. The molecule has 1 rings (SSSR count). The van der Waals surface area contributed by atoms with Gasteiger partial charge in [0.05, 0.1) is 12.0 Å². The van der Waals surface area contributed by atoms with Gasteiger partial charge < -0.3 is 10.1 Å². The summed E-state index contributed by atoms with van der Waals surface area (Å²) >= 11 is 0. The van der Waals surface area contributed by atoms with Gasteiger partial charge in [-0.2, -0.15) is 4.98 Å². The Bertz CT molecular complexity index is 396. The van der Waals surface area contributed by atoms with Crippen molar-refractivity contribution in [2.45, 2.75) is 32.7 Å². The number of nitro groups is 1. The third-order valence-electron chi connectivity index (χ3n) is 2.36. The lowest BCUT2D eigenvalue weighted by molar-refractivity contribution is -0.384. The van der Waals surface area contributed by atoms with Crippen molar-refractivity contribution < 1.29 is 9.66 Å². The number of anilines is 1. The van der Waals surface area contributed by atoms with E-state index in [1.54, 1.807) is 0 Å². The molecule has 0 aliphatic carbocycles. The second-order valence-electron chi connectivity index (χ2n) is 3.81. The lowest BCUT2D eigenvalue weighted by Crippen LogP contribution is -2.16. The molecule has 0 aliphatic rings. The summed E-state index contributed by atoms with van der Waals surface area (Å²) in [6.45, 7) is 4.03. The van der Waals surface area contributed by atoms with Gasteiger partial charge in [-0.15, -0.1) is 0 Å². The van der Waals surface area contributed by atoms with Crippen molar-refractivity contribution in [3.63, 3.8) is 0 Å². The van der Waals surface area contributed by atoms with E-state index in [0.29, 0.717) is 5.88 Å². The van der Waals surface area contributed by atoms with Crippen molar-refractivity contribution >= 4 is 11.5 Å². The van der Waals surface area contributed by atoms with Crippen molar-refractivity contribution in [1.82, 2.24) is 4.98 Å². The zero-order chi connectivity index (χ0) is 12.8. The Morgan fingerprint density at radius 1 is 1.59 bits per heavy atom. The fraction of sp³-hybridized carbons (Fsp3) is 0.545. The number of ether oxygens (including phenoxy) is 1. The molecule has 0 saturated carbocycles. The zero-order valence-electron chi connectivity index (χ0n) is 10.3. The van der Waals surface area contributed by atoms with Crippen LogP contribution < -0.4 is 10.1 Å². The van der Waals surface area contributed by atoms with Crippen molar-refractivity contribution in [3.05, 3.63) is 22.2 Å². The molecule has 0 bridgehead atoms. The highest BCUT2D eigenvalue weighted by Gasteiger charge is 2.17. The lowest BCUT2D eigenvalue weighted by Gasteiger charge is -2.13. The zero-order valence-corrected chi connectivity index (χ0v) is 10.3. The Balaban J connectivity index is 2.96. The summed E-state index contributed by atoms with van der Waals surface area (Å²) in [6.07, 6.45) is 1.93. The number of nitrogens with one attached hydrogen (secondary N) is 1. The van der Waals surface area contributed by atoms with Crippen LogP contribution in [-0.2, 0) is 0 Å². The van der Waals surface area contributed by atoms with E-state index in [9.17, 15) is 10.1 Å². The largest absolute Gasteiger partial charge is 0.481 e. The first-order valence-electron chi connectivity index (χ1n) is 5.54. The van der Waals surface area contributed by atoms with Gasteiger partial charge in [0.2, 0.25) is 11.7 Å². The van der Waals surface area contributed by atoms with Crippen LogP contribution in [0.15, 0.2) is 12.1 Å².